The molecule has 102 valence electrons. The first kappa shape index (κ1) is 14.0. The molecule has 0 saturated heterocycles. The minimum atomic E-state index is -0.715. The highest BCUT2D eigenvalue weighted by molar-refractivity contribution is 5.86. The van der Waals surface area contributed by atoms with Gasteiger partial charge in [-0.05, 0) is 38.2 Å². The molecule has 3 atom stereocenters. The van der Waals surface area contributed by atoms with Gasteiger partial charge in [-0.3, -0.25) is 4.79 Å². The molecule has 1 aromatic carbocycles. The predicted octanol–water partition coefficient (Wildman–Crippen LogP) is 3.67. The number of allylic oxidation sites excluding steroid dienone is 1. The average Bonchev–Trinajstić information content (AvgIpc) is 2.42. The Morgan fingerprint density at radius 1 is 1.42 bits per heavy atom. The van der Waals surface area contributed by atoms with E-state index in [2.05, 4.69) is 6.58 Å². The monoisotopic (exact) mass is 258 g/mol. The number of benzene rings is 1. The van der Waals surface area contributed by atoms with Gasteiger partial charge in [0.25, 0.3) is 0 Å². The molecule has 1 aromatic rings. The summed E-state index contributed by atoms with van der Waals surface area (Å²) in [7, 11) is 0. The molecule has 1 aliphatic carbocycles. The van der Waals surface area contributed by atoms with E-state index in [1.54, 1.807) is 0 Å². The predicted molar refractivity (Wildman–Crippen MR) is 76.7 cm³/mol. The number of carbonyl (C=O) groups is 1. The maximum Gasteiger partial charge on any atom is 0.142 e. The molecule has 19 heavy (non-hydrogen) atoms. The molecule has 0 aromatic heterocycles. The number of hydrogen-bond acceptors (Lipinski definition) is 2. The van der Waals surface area contributed by atoms with Crippen molar-refractivity contribution in [3.05, 3.63) is 48.0 Å². The van der Waals surface area contributed by atoms with E-state index in [1.807, 2.05) is 44.2 Å². The van der Waals surface area contributed by atoms with Crippen LogP contribution in [-0.4, -0.2) is 10.9 Å². The summed E-state index contributed by atoms with van der Waals surface area (Å²) in [6.45, 7) is 7.82. The van der Waals surface area contributed by atoms with Crippen molar-refractivity contribution in [2.45, 2.75) is 39.2 Å². The first-order valence-corrected chi connectivity index (χ1v) is 6.87. The van der Waals surface area contributed by atoms with Gasteiger partial charge in [-0.15, -0.1) is 0 Å². The van der Waals surface area contributed by atoms with E-state index in [-0.39, 0.29) is 11.7 Å². The zero-order valence-electron chi connectivity index (χ0n) is 11.7. The van der Waals surface area contributed by atoms with E-state index < -0.39 is 11.5 Å². The van der Waals surface area contributed by atoms with Gasteiger partial charge in [-0.2, -0.15) is 0 Å². The highest BCUT2D eigenvalue weighted by atomic mass is 16.3. The third kappa shape index (κ3) is 2.64. The fourth-order valence-electron chi connectivity index (χ4n) is 2.89. The molecular formula is C17H22O2. The van der Waals surface area contributed by atoms with E-state index >= 15 is 0 Å². The topological polar surface area (TPSA) is 37.3 Å². The number of ketones is 1. The fraction of sp³-hybridized carbons (Fsp3) is 0.471. The molecule has 2 nitrogen and oxygen atoms in total. The Hall–Kier alpha value is -1.41. The second-order valence-corrected chi connectivity index (χ2v) is 5.94. The summed E-state index contributed by atoms with van der Waals surface area (Å²) < 4.78 is 0. The molecule has 1 fully saturated rings. The van der Waals surface area contributed by atoms with Crippen LogP contribution in [0.1, 0.15) is 44.8 Å². The molecule has 0 aliphatic heterocycles. The largest absolute Gasteiger partial charge is 0.387 e. The van der Waals surface area contributed by atoms with Crippen molar-refractivity contribution in [2.75, 3.05) is 0 Å². The Kier molecular flexibility index (Phi) is 3.91. The lowest BCUT2D eigenvalue weighted by Crippen LogP contribution is -2.39. The quantitative estimate of drug-likeness (QED) is 0.840. The van der Waals surface area contributed by atoms with Crippen LogP contribution in [0.25, 0.3) is 0 Å². The molecular weight excluding hydrogens is 236 g/mol. The van der Waals surface area contributed by atoms with Crippen LogP contribution < -0.4 is 0 Å². The highest BCUT2D eigenvalue weighted by Crippen LogP contribution is 2.45. The molecule has 2 rings (SSSR count). The highest BCUT2D eigenvalue weighted by Gasteiger charge is 2.44. The van der Waals surface area contributed by atoms with E-state index in [1.165, 1.54) is 0 Å². The molecule has 0 radical (unpaired) electrons. The lowest BCUT2D eigenvalue weighted by Gasteiger charge is -2.39. The summed E-state index contributed by atoms with van der Waals surface area (Å²) in [6, 6.07) is 9.47. The molecule has 0 amide bonds. The number of carbonyl (C=O) groups excluding carboxylic acids is 1. The molecule has 0 unspecified atom stereocenters. The Bertz CT molecular complexity index is 477. The third-order valence-corrected chi connectivity index (χ3v) is 4.50. The normalized spacial score (nSPS) is 29.0. The summed E-state index contributed by atoms with van der Waals surface area (Å²) >= 11 is 0. The summed E-state index contributed by atoms with van der Waals surface area (Å²) in [5.41, 5.74) is 1.24. The van der Waals surface area contributed by atoms with Crippen LogP contribution in [0.15, 0.2) is 42.5 Å². The summed E-state index contributed by atoms with van der Waals surface area (Å²) in [6.07, 6.45) is 1.45. The Balaban J connectivity index is 2.20. The zero-order valence-corrected chi connectivity index (χ0v) is 11.7. The van der Waals surface area contributed by atoms with Gasteiger partial charge in [-0.1, -0.05) is 42.5 Å². The Morgan fingerprint density at radius 2 is 2.05 bits per heavy atom. The second-order valence-electron chi connectivity index (χ2n) is 5.94. The van der Waals surface area contributed by atoms with E-state index in [0.29, 0.717) is 6.42 Å². The minimum absolute atomic E-state index is 0.156. The van der Waals surface area contributed by atoms with Crippen molar-refractivity contribution in [1.29, 1.82) is 0 Å². The number of aliphatic hydroxyl groups is 1. The van der Waals surface area contributed by atoms with Gasteiger partial charge in [0.15, 0.2) is 0 Å². The first-order valence-electron chi connectivity index (χ1n) is 6.87. The summed E-state index contributed by atoms with van der Waals surface area (Å²) in [5, 5.41) is 10.6. The van der Waals surface area contributed by atoms with Crippen LogP contribution in [0.5, 0.6) is 0 Å². The number of Topliss-reactive ketones (excluding diaryl/α,β-unsaturated/α-hetero) is 1. The SMILES string of the molecule is C=C(C)[C@@H]1CC[C@](C)([C@@H](O)c2ccccc2)C(=O)C1. The van der Waals surface area contributed by atoms with Gasteiger partial charge in [0.2, 0.25) is 0 Å². The number of hydrogen-bond donors (Lipinski definition) is 1. The lowest BCUT2D eigenvalue weighted by atomic mass is 9.65. The summed E-state index contributed by atoms with van der Waals surface area (Å²) in [4.78, 5) is 12.4. The van der Waals surface area contributed by atoms with Crippen LogP contribution in [-0.2, 0) is 4.79 Å². The van der Waals surface area contributed by atoms with Crippen molar-refractivity contribution in [3.63, 3.8) is 0 Å². The number of rotatable bonds is 3. The maximum absolute atomic E-state index is 12.4. The number of aliphatic hydroxyl groups excluding tert-OH is 1. The van der Waals surface area contributed by atoms with Crippen molar-refractivity contribution >= 4 is 5.78 Å². The van der Waals surface area contributed by atoms with Gasteiger partial charge in [0.1, 0.15) is 5.78 Å². The van der Waals surface area contributed by atoms with Crippen LogP contribution in [0, 0.1) is 11.3 Å². The van der Waals surface area contributed by atoms with Crippen LogP contribution in [0.3, 0.4) is 0 Å². The van der Waals surface area contributed by atoms with E-state index in [9.17, 15) is 9.90 Å². The molecule has 0 spiro atoms. The van der Waals surface area contributed by atoms with Gasteiger partial charge >= 0.3 is 0 Å². The first-order chi connectivity index (χ1) is 8.95. The molecule has 0 bridgehead atoms. The lowest BCUT2D eigenvalue weighted by molar-refractivity contribution is -0.139. The van der Waals surface area contributed by atoms with Gasteiger partial charge in [-0.25, -0.2) is 0 Å². The van der Waals surface area contributed by atoms with Crippen molar-refractivity contribution in [1.82, 2.24) is 0 Å². The van der Waals surface area contributed by atoms with Crippen molar-refractivity contribution < 1.29 is 9.90 Å². The molecule has 1 aliphatic rings. The van der Waals surface area contributed by atoms with Crippen molar-refractivity contribution in [2.24, 2.45) is 11.3 Å². The van der Waals surface area contributed by atoms with Gasteiger partial charge < -0.3 is 5.11 Å². The minimum Gasteiger partial charge on any atom is -0.387 e. The van der Waals surface area contributed by atoms with Gasteiger partial charge in [0, 0.05) is 6.42 Å². The maximum atomic E-state index is 12.4. The second kappa shape index (κ2) is 5.30. The zero-order chi connectivity index (χ0) is 14.0. The van der Waals surface area contributed by atoms with Gasteiger partial charge in [0.05, 0.1) is 11.5 Å². The van der Waals surface area contributed by atoms with Crippen LogP contribution in [0.2, 0.25) is 0 Å². The molecule has 1 N–H and O–H groups in total. The smallest absolute Gasteiger partial charge is 0.142 e. The molecule has 1 saturated carbocycles. The molecule has 0 heterocycles. The fourth-order valence-corrected chi connectivity index (χ4v) is 2.89. The van der Waals surface area contributed by atoms with E-state index in [4.69, 9.17) is 0 Å². The van der Waals surface area contributed by atoms with E-state index in [0.717, 1.165) is 24.0 Å². The average molecular weight is 258 g/mol. The molecule has 2 heteroatoms. The standard InChI is InChI=1S/C17H22O2/c1-12(2)14-9-10-17(3,15(18)11-14)16(19)13-7-5-4-6-8-13/h4-8,14,16,19H,1,9-11H2,2-3H3/t14-,16+,17+/m1/s1. The third-order valence-electron chi connectivity index (χ3n) is 4.50. The summed E-state index contributed by atoms with van der Waals surface area (Å²) in [5.74, 6) is 0.437. The Morgan fingerprint density at radius 3 is 2.58 bits per heavy atom. The van der Waals surface area contributed by atoms with Crippen LogP contribution in [0.4, 0.5) is 0 Å². The van der Waals surface area contributed by atoms with Crippen molar-refractivity contribution in [3.8, 4) is 0 Å². The van der Waals surface area contributed by atoms with Crippen LogP contribution >= 0.6 is 0 Å². The Labute approximate surface area is 115 Å².